The Bertz CT molecular complexity index is 482. The highest BCUT2D eigenvalue weighted by Gasteiger charge is 2.50. The molecule has 1 aromatic carbocycles. The van der Waals surface area contributed by atoms with Crippen molar-refractivity contribution in [2.45, 2.75) is 18.7 Å². The molecular weight excluding hydrogens is 259 g/mol. The van der Waals surface area contributed by atoms with Gasteiger partial charge in [-0.15, -0.1) is 0 Å². The van der Waals surface area contributed by atoms with Crippen LogP contribution < -0.4 is 5.32 Å². The molecule has 2 atom stereocenters. The molecule has 0 aromatic heterocycles. The minimum Gasteiger partial charge on any atom is -0.445 e. The monoisotopic (exact) mass is 278 g/mol. The second kappa shape index (κ2) is 5.40. The zero-order chi connectivity index (χ0) is 14.0. The molecule has 2 fully saturated rings. The van der Waals surface area contributed by atoms with Gasteiger partial charge in [0.1, 0.15) is 12.3 Å². The minimum atomic E-state index is -1.29. The molecule has 2 heterocycles. The number of carbonyl (C=O) groups excluding carboxylic acids is 1. The van der Waals surface area contributed by atoms with Crippen LogP contribution in [0.1, 0.15) is 12.0 Å². The van der Waals surface area contributed by atoms with Crippen LogP contribution in [-0.2, 0) is 11.3 Å². The van der Waals surface area contributed by atoms with Crippen molar-refractivity contribution in [2.24, 2.45) is 5.92 Å². The molecule has 2 aliphatic rings. The van der Waals surface area contributed by atoms with Gasteiger partial charge in [0, 0.05) is 19.0 Å². The smallest absolute Gasteiger partial charge is 0.410 e. The SMILES string of the molecule is O=C(OCc1ccccc1)N1C[C@@H]2CCNC[C@]2(F)C1. The highest BCUT2D eigenvalue weighted by Crippen LogP contribution is 2.35. The molecule has 108 valence electrons. The third-order valence-electron chi connectivity index (χ3n) is 4.18. The molecule has 1 amide bonds. The number of benzene rings is 1. The summed E-state index contributed by atoms with van der Waals surface area (Å²) in [6, 6.07) is 9.51. The molecule has 0 aliphatic carbocycles. The molecule has 0 bridgehead atoms. The van der Waals surface area contributed by atoms with Crippen LogP contribution in [0.15, 0.2) is 30.3 Å². The number of piperidine rings is 1. The third kappa shape index (κ3) is 2.63. The zero-order valence-corrected chi connectivity index (χ0v) is 11.3. The number of carbonyl (C=O) groups is 1. The number of fused-ring (bicyclic) bond motifs is 1. The van der Waals surface area contributed by atoms with Crippen molar-refractivity contribution in [3.05, 3.63) is 35.9 Å². The maximum absolute atomic E-state index is 14.6. The average Bonchev–Trinajstić information content (AvgIpc) is 2.83. The van der Waals surface area contributed by atoms with Crippen LogP contribution in [0.3, 0.4) is 0 Å². The van der Waals surface area contributed by atoms with Gasteiger partial charge < -0.3 is 15.0 Å². The second-order valence-electron chi connectivity index (χ2n) is 5.62. The summed E-state index contributed by atoms with van der Waals surface area (Å²) in [6.07, 6.45) is 0.360. The predicted octanol–water partition coefficient (Wildman–Crippen LogP) is 1.96. The van der Waals surface area contributed by atoms with E-state index in [0.29, 0.717) is 13.1 Å². The van der Waals surface area contributed by atoms with E-state index in [1.54, 1.807) is 0 Å². The molecule has 5 heteroatoms. The van der Waals surface area contributed by atoms with Crippen LogP contribution in [0, 0.1) is 5.92 Å². The number of nitrogens with one attached hydrogen (secondary N) is 1. The van der Waals surface area contributed by atoms with Gasteiger partial charge in [-0.2, -0.15) is 0 Å². The Kier molecular flexibility index (Phi) is 3.61. The lowest BCUT2D eigenvalue weighted by Crippen LogP contribution is -2.49. The third-order valence-corrected chi connectivity index (χ3v) is 4.18. The molecule has 0 spiro atoms. The van der Waals surface area contributed by atoms with Crippen molar-refractivity contribution in [3.63, 3.8) is 0 Å². The largest absolute Gasteiger partial charge is 0.445 e. The first kappa shape index (κ1) is 13.4. The number of nitrogens with zero attached hydrogens (tertiary/aromatic N) is 1. The van der Waals surface area contributed by atoms with Gasteiger partial charge in [-0.05, 0) is 18.5 Å². The molecule has 2 aliphatic heterocycles. The van der Waals surface area contributed by atoms with Crippen molar-refractivity contribution in [1.29, 1.82) is 0 Å². The molecule has 1 N–H and O–H groups in total. The van der Waals surface area contributed by atoms with Gasteiger partial charge in [0.05, 0.1) is 6.54 Å². The number of amides is 1. The fourth-order valence-electron chi connectivity index (χ4n) is 3.01. The Morgan fingerprint density at radius 1 is 1.45 bits per heavy atom. The van der Waals surface area contributed by atoms with Gasteiger partial charge in [-0.3, -0.25) is 0 Å². The predicted molar refractivity (Wildman–Crippen MR) is 73.0 cm³/mol. The summed E-state index contributed by atoms with van der Waals surface area (Å²) in [5.74, 6) is -0.0620. The van der Waals surface area contributed by atoms with Gasteiger partial charge in [0.25, 0.3) is 0 Å². The lowest BCUT2D eigenvalue weighted by Gasteiger charge is -2.31. The quantitative estimate of drug-likeness (QED) is 0.899. The van der Waals surface area contributed by atoms with E-state index in [1.807, 2.05) is 30.3 Å². The average molecular weight is 278 g/mol. The first-order chi connectivity index (χ1) is 9.67. The first-order valence-corrected chi connectivity index (χ1v) is 7.03. The molecular formula is C15H19FN2O2. The Morgan fingerprint density at radius 3 is 3.00 bits per heavy atom. The van der Waals surface area contributed by atoms with E-state index in [-0.39, 0.29) is 19.1 Å². The van der Waals surface area contributed by atoms with Crippen molar-refractivity contribution in [1.82, 2.24) is 10.2 Å². The molecule has 0 unspecified atom stereocenters. The summed E-state index contributed by atoms with van der Waals surface area (Å²) in [5, 5.41) is 3.06. The van der Waals surface area contributed by atoms with Gasteiger partial charge in [0.15, 0.2) is 0 Å². The summed E-state index contributed by atoms with van der Waals surface area (Å²) < 4.78 is 19.9. The zero-order valence-electron chi connectivity index (χ0n) is 11.3. The van der Waals surface area contributed by atoms with E-state index in [2.05, 4.69) is 5.32 Å². The van der Waals surface area contributed by atoms with Crippen molar-refractivity contribution in [3.8, 4) is 0 Å². The molecule has 1 aromatic rings. The van der Waals surface area contributed by atoms with E-state index >= 15 is 0 Å². The highest BCUT2D eigenvalue weighted by molar-refractivity contribution is 5.68. The number of rotatable bonds is 2. The van der Waals surface area contributed by atoms with Crippen LogP contribution in [0.4, 0.5) is 9.18 Å². The lowest BCUT2D eigenvalue weighted by atomic mass is 9.87. The molecule has 3 rings (SSSR count). The van der Waals surface area contributed by atoms with Gasteiger partial charge in [-0.25, -0.2) is 9.18 Å². The van der Waals surface area contributed by atoms with E-state index in [4.69, 9.17) is 4.74 Å². The van der Waals surface area contributed by atoms with E-state index < -0.39 is 11.8 Å². The van der Waals surface area contributed by atoms with E-state index in [1.165, 1.54) is 4.90 Å². The molecule has 0 radical (unpaired) electrons. The summed E-state index contributed by atoms with van der Waals surface area (Å²) >= 11 is 0. The summed E-state index contributed by atoms with van der Waals surface area (Å²) in [7, 11) is 0. The fourth-order valence-corrected chi connectivity index (χ4v) is 3.01. The Morgan fingerprint density at radius 2 is 2.25 bits per heavy atom. The maximum Gasteiger partial charge on any atom is 0.410 e. The Hall–Kier alpha value is -1.62. The lowest BCUT2D eigenvalue weighted by molar-refractivity contribution is 0.0822. The standard InChI is InChI=1S/C15H19FN2O2/c16-15-10-17-7-6-13(15)8-18(11-15)14(19)20-9-12-4-2-1-3-5-12/h1-5,13,17H,6-11H2/t13-,15-/m0/s1. The second-order valence-corrected chi connectivity index (χ2v) is 5.62. The first-order valence-electron chi connectivity index (χ1n) is 7.03. The van der Waals surface area contributed by atoms with E-state index in [9.17, 15) is 9.18 Å². The minimum absolute atomic E-state index is 0.0620. The molecule has 20 heavy (non-hydrogen) atoms. The maximum atomic E-state index is 14.6. The van der Waals surface area contributed by atoms with Crippen LogP contribution in [-0.4, -0.2) is 42.8 Å². The van der Waals surface area contributed by atoms with Crippen LogP contribution in [0.25, 0.3) is 0 Å². The van der Waals surface area contributed by atoms with Crippen LogP contribution >= 0.6 is 0 Å². The molecule has 4 nitrogen and oxygen atoms in total. The highest BCUT2D eigenvalue weighted by atomic mass is 19.1. The number of likely N-dealkylation sites (tertiary alicyclic amines) is 1. The number of alkyl halides is 1. The van der Waals surface area contributed by atoms with Crippen LogP contribution in [0.5, 0.6) is 0 Å². The van der Waals surface area contributed by atoms with Crippen LogP contribution in [0.2, 0.25) is 0 Å². The van der Waals surface area contributed by atoms with Crippen molar-refractivity contribution in [2.75, 3.05) is 26.2 Å². The van der Waals surface area contributed by atoms with Gasteiger partial charge in [0.2, 0.25) is 0 Å². The van der Waals surface area contributed by atoms with E-state index in [0.717, 1.165) is 18.5 Å². The summed E-state index contributed by atoms with van der Waals surface area (Å²) in [4.78, 5) is 13.5. The molecule has 0 saturated carbocycles. The Labute approximate surface area is 117 Å². The van der Waals surface area contributed by atoms with Gasteiger partial charge >= 0.3 is 6.09 Å². The van der Waals surface area contributed by atoms with Gasteiger partial charge in [-0.1, -0.05) is 30.3 Å². The number of ether oxygens (including phenoxy) is 1. The summed E-state index contributed by atoms with van der Waals surface area (Å²) in [6.45, 7) is 1.99. The summed E-state index contributed by atoms with van der Waals surface area (Å²) in [5.41, 5.74) is -0.349. The normalized spacial score (nSPS) is 29.1. The van der Waals surface area contributed by atoms with Crippen molar-refractivity contribution >= 4 is 6.09 Å². The number of hydrogen-bond donors (Lipinski definition) is 1. The number of hydrogen-bond acceptors (Lipinski definition) is 3. The number of halogens is 1. The fraction of sp³-hybridized carbons (Fsp3) is 0.533. The topological polar surface area (TPSA) is 41.6 Å². The van der Waals surface area contributed by atoms with Crippen molar-refractivity contribution < 1.29 is 13.9 Å². The molecule has 2 saturated heterocycles. The Balaban J connectivity index is 1.56.